The van der Waals surface area contributed by atoms with Crippen LogP contribution in [-0.4, -0.2) is 20.2 Å². The van der Waals surface area contributed by atoms with Crippen LogP contribution in [0.4, 0.5) is 0 Å². The third kappa shape index (κ3) is 1.57. The number of nitrogens with zero attached hydrogens (tertiary/aromatic N) is 2. The van der Waals surface area contributed by atoms with Crippen molar-refractivity contribution in [1.82, 2.24) is 9.13 Å². The van der Waals surface area contributed by atoms with Crippen molar-refractivity contribution >= 4 is 5.97 Å². The average molecular weight is 198 g/mol. The Hall–Kier alpha value is -1.52. The lowest BCUT2D eigenvalue weighted by Crippen LogP contribution is -2.30. The third-order valence-corrected chi connectivity index (χ3v) is 2.25. The summed E-state index contributed by atoms with van der Waals surface area (Å²) in [6, 6.07) is -0.760. The van der Waals surface area contributed by atoms with Crippen molar-refractivity contribution in [2.45, 2.75) is 26.3 Å². The quantitative estimate of drug-likeness (QED) is 0.770. The van der Waals surface area contributed by atoms with Crippen molar-refractivity contribution in [2.75, 3.05) is 0 Å². The predicted molar refractivity (Wildman–Crippen MR) is 51.4 cm³/mol. The first-order valence-electron chi connectivity index (χ1n) is 4.46. The second kappa shape index (κ2) is 3.69. The normalized spacial score (nSPS) is 12.8. The van der Waals surface area contributed by atoms with Crippen molar-refractivity contribution < 1.29 is 9.90 Å². The number of carbonyl (C=O) groups is 1. The van der Waals surface area contributed by atoms with E-state index < -0.39 is 12.0 Å². The van der Waals surface area contributed by atoms with Gasteiger partial charge in [0.15, 0.2) is 0 Å². The molecule has 5 heteroatoms. The molecule has 14 heavy (non-hydrogen) atoms. The molecule has 78 valence electrons. The second-order valence-corrected chi connectivity index (χ2v) is 3.30. The molecule has 0 aromatic carbocycles. The summed E-state index contributed by atoms with van der Waals surface area (Å²) in [4.78, 5) is 22.4. The van der Waals surface area contributed by atoms with E-state index in [1.807, 2.05) is 0 Å². The Morgan fingerprint density at radius 3 is 2.50 bits per heavy atom. The van der Waals surface area contributed by atoms with Gasteiger partial charge in [-0.15, -0.1) is 0 Å². The Morgan fingerprint density at radius 2 is 2.21 bits per heavy atom. The number of hydrogen-bond donors (Lipinski definition) is 1. The van der Waals surface area contributed by atoms with Gasteiger partial charge >= 0.3 is 11.7 Å². The number of aromatic nitrogens is 2. The van der Waals surface area contributed by atoms with Crippen LogP contribution >= 0.6 is 0 Å². The molecule has 1 aromatic heterocycles. The molecule has 0 aliphatic carbocycles. The predicted octanol–water partition coefficient (Wildman–Crippen LogP) is 0.531. The summed E-state index contributed by atoms with van der Waals surface area (Å²) in [7, 11) is 1.61. The van der Waals surface area contributed by atoms with Crippen molar-refractivity contribution in [1.29, 1.82) is 0 Å². The molecule has 1 N–H and O–H groups in total. The molecule has 0 aliphatic heterocycles. The lowest BCUT2D eigenvalue weighted by molar-refractivity contribution is -0.141. The van der Waals surface area contributed by atoms with Crippen LogP contribution in [0, 0.1) is 6.92 Å². The summed E-state index contributed by atoms with van der Waals surface area (Å²) in [6.45, 7) is 3.48. The van der Waals surface area contributed by atoms with Crippen molar-refractivity contribution in [3.05, 3.63) is 22.4 Å². The Balaban J connectivity index is 3.29. The minimum atomic E-state index is -0.969. The van der Waals surface area contributed by atoms with E-state index in [0.29, 0.717) is 12.1 Å². The zero-order valence-corrected chi connectivity index (χ0v) is 8.52. The van der Waals surface area contributed by atoms with Crippen LogP contribution in [0.25, 0.3) is 0 Å². The highest BCUT2D eigenvalue weighted by Gasteiger charge is 2.21. The highest BCUT2D eigenvalue weighted by Crippen LogP contribution is 2.11. The molecule has 1 aromatic rings. The summed E-state index contributed by atoms with van der Waals surface area (Å²) in [5.41, 5.74) is 0.392. The zero-order valence-electron chi connectivity index (χ0n) is 8.52. The number of imidazole rings is 1. The van der Waals surface area contributed by atoms with Crippen molar-refractivity contribution in [3.63, 3.8) is 0 Å². The third-order valence-electron chi connectivity index (χ3n) is 2.25. The van der Waals surface area contributed by atoms with E-state index in [1.54, 1.807) is 27.1 Å². The van der Waals surface area contributed by atoms with Crippen LogP contribution in [0.3, 0.4) is 0 Å². The molecule has 0 aliphatic rings. The first-order chi connectivity index (χ1) is 6.49. The number of aryl methyl sites for hydroxylation is 2. The van der Waals surface area contributed by atoms with E-state index in [0.717, 1.165) is 0 Å². The van der Waals surface area contributed by atoms with Gasteiger partial charge in [-0.05, 0) is 13.3 Å². The molecule has 1 unspecified atom stereocenters. The van der Waals surface area contributed by atoms with Gasteiger partial charge in [-0.2, -0.15) is 0 Å². The Labute approximate surface area is 81.6 Å². The monoisotopic (exact) mass is 198 g/mol. The smallest absolute Gasteiger partial charge is 0.328 e. The highest BCUT2D eigenvalue weighted by molar-refractivity contribution is 5.71. The topological polar surface area (TPSA) is 64.2 Å². The fraction of sp³-hybridized carbons (Fsp3) is 0.556. The molecule has 1 atom stereocenters. The van der Waals surface area contributed by atoms with E-state index in [4.69, 9.17) is 5.11 Å². The van der Waals surface area contributed by atoms with Gasteiger partial charge in [0.2, 0.25) is 0 Å². The molecule has 0 saturated carbocycles. The maximum absolute atomic E-state index is 11.6. The Kier molecular flexibility index (Phi) is 2.78. The first-order valence-corrected chi connectivity index (χ1v) is 4.46. The first kappa shape index (κ1) is 10.6. The standard InChI is InChI=1S/C9H14N2O3/c1-4-7(8(12)13)11-6(2)5-10(3)9(11)14/h5,7H,4H2,1-3H3,(H,12,13). The van der Waals surface area contributed by atoms with E-state index in [1.165, 1.54) is 9.13 Å². The van der Waals surface area contributed by atoms with Gasteiger partial charge in [0.25, 0.3) is 0 Å². The van der Waals surface area contributed by atoms with E-state index >= 15 is 0 Å². The minimum absolute atomic E-state index is 0.281. The van der Waals surface area contributed by atoms with E-state index in [-0.39, 0.29) is 5.69 Å². The lowest BCUT2D eigenvalue weighted by Gasteiger charge is -2.11. The molecule has 0 bridgehead atoms. The van der Waals surface area contributed by atoms with E-state index in [2.05, 4.69) is 0 Å². The average Bonchev–Trinajstić information content (AvgIpc) is 2.32. The fourth-order valence-corrected chi connectivity index (χ4v) is 1.57. The second-order valence-electron chi connectivity index (χ2n) is 3.30. The van der Waals surface area contributed by atoms with E-state index in [9.17, 15) is 9.59 Å². The number of hydrogen-bond acceptors (Lipinski definition) is 2. The van der Waals surface area contributed by atoms with Gasteiger partial charge in [-0.25, -0.2) is 9.59 Å². The maximum atomic E-state index is 11.6. The Morgan fingerprint density at radius 1 is 1.64 bits per heavy atom. The van der Waals surface area contributed by atoms with Crippen LogP contribution in [0.2, 0.25) is 0 Å². The molecule has 5 nitrogen and oxygen atoms in total. The summed E-state index contributed by atoms with van der Waals surface area (Å²) >= 11 is 0. The SMILES string of the molecule is CCC(C(=O)O)n1c(C)cn(C)c1=O. The molecule has 0 amide bonds. The van der Waals surface area contributed by atoms with Gasteiger partial charge < -0.3 is 9.67 Å². The van der Waals surface area contributed by atoms with Crippen LogP contribution < -0.4 is 5.69 Å². The van der Waals surface area contributed by atoms with Gasteiger partial charge in [0.05, 0.1) is 0 Å². The largest absolute Gasteiger partial charge is 0.480 e. The summed E-state index contributed by atoms with van der Waals surface area (Å²) < 4.78 is 2.70. The van der Waals surface area contributed by atoms with Crippen LogP contribution in [0.15, 0.2) is 11.0 Å². The molecular weight excluding hydrogens is 184 g/mol. The fourth-order valence-electron chi connectivity index (χ4n) is 1.57. The van der Waals surface area contributed by atoms with Crippen molar-refractivity contribution in [3.8, 4) is 0 Å². The number of carboxylic acids is 1. The number of rotatable bonds is 3. The molecular formula is C9H14N2O3. The van der Waals surface area contributed by atoms with Crippen LogP contribution in [0.1, 0.15) is 25.1 Å². The molecule has 1 heterocycles. The molecule has 0 spiro atoms. The van der Waals surface area contributed by atoms with Gasteiger partial charge in [0, 0.05) is 18.9 Å². The molecule has 0 saturated heterocycles. The van der Waals surface area contributed by atoms with Crippen molar-refractivity contribution in [2.24, 2.45) is 7.05 Å². The van der Waals surface area contributed by atoms with Gasteiger partial charge in [0.1, 0.15) is 6.04 Å². The summed E-state index contributed by atoms with van der Waals surface area (Å²) in [6.07, 6.45) is 2.04. The van der Waals surface area contributed by atoms with Gasteiger partial charge in [-0.1, -0.05) is 6.92 Å². The molecule has 1 rings (SSSR count). The number of carboxylic acid groups (broad SMARTS) is 1. The van der Waals surface area contributed by atoms with Crippen LogP contribution in [-0.2, 0) is 11.8 Å². The number of aliphatic carboxylic acids is 1. The summed E-state index contributed by atoms with van der Waals surface area (Å²) in [5, 5.41) is 8.92. The van der Waals surface area contributed by atoms with Crippen LogP contribution in [0.5, 0.6) is 0 Å². The molecule has 0 radical (unpaired) electrons. The lowest BCUT2D eigenvalue weighted by atomic mass is 10.2. The zero-order chi connectivity index (χ0) is 10.9. The Bertz CT molecular complexity index is 403. The maximum Gasteiger partial charge on any atom is 0.328 e. The summed E-state index contributed by atoms with van der Waals surface area (Å²) in [5.74, 6) is -0.969. The highest BCUT2D eigenvalue weighted by atomic mass is 16.4. The van der Waals surface area contributed by atoms with Gasteiger partial charge in [-0.3, -0.25) is 4.57 Å². The molecule has 0 fully saturated rings. The minimum Gasteiger partial charge on any atom is -0.480 e.